The van der Waals surface area contributed by atoms with Crippen molar-refractivity contribution < 1.29 is 5.11 Å². The van der Waals surface area contributed by atoms with E-state index in [4.69, 9.17) is 12.2 Å². The van der Waals surface area contributed by atoms with E-state index in [9.17, 15) is 5.11 Å². The number of nitrogens with zero attached hydrogens (tertiary/aromatic N) is 3. The first kappa shape index (κ1) is 16.9. The molecule has 1 aliphatic rings. The van der Waals surface area contributed by atoms with Gasteiger partial charge in [0.2, 0.25) is 0 Å². The SMILES string of the molecule is CCn1c(C)cc(C2C(c3ccccn3)NC(=S)N2CCO)c1C. The molecule has 3 heterocycles. The van der Waals surface area contributed by atoms with Crippen molar-refractivity contribution in [1.82, 2.24) is 19.8 Å². The molecule has 0 spiro atoms. The Hall–Kier alpha value is -1.92. The Balaban J connectivity index is 2.09. The molecule has 1 saturated heterocycles. The summed E-state index contributed by atoms with van der Waals surface area (Å²) in [6, 6.07) is 8.19. The maximum Gasteiger partial charge on any atom is 0.170 e. The molecule has 3 rings (SSSR count). The van der Waals surface area contributed by atoms with Crippen LogP contribution >= 0.6 is 12.2 Å². The molecule has 128 valence electrons. The van der Waals surface area contributed by atoms with Crippen molar-refractivity contribution in [2.75, 3.05) is 13.2 Å². The maximum atomic E-state index is 9.49. The fourth-order valence-corrected chi connectivity index (χ4v) is 4.04. The van der Waals surface area contributed by atoms with Crippen LogP contribution in [0.1, 0.15) is 41.7 Å². The van der Waals surface area contributed by atoms with Crippen molar-refractivity contribution in [3.05, 3.63) is 53.1 Å². The molecule has 0 aromatic carbocycles. The van der Waals surface area contributed by atoms with E-state index in [2.05, 4.69) is 46.6 Å². The maximum absolute atomic E-state index is 9.49. The van der Waals surface area contributed by atoms with Crippen LogP contribution in [0.4, 0.5) is 0 Å². The monoisotopic (exact) mass is 344 g/mol. The molecule has 0 bridgehead atoms. The third kappa shape index (κ3) is 2.80. The molecular formula is C18H24N4OS. The number of aryl methyl sites for hydroxylation is 1. The Labute approximate surface area is 148 Å². The van der Waals surface area contributed by atoms with Crippen molar-refractivity contribution >= 4 is 17.3 Å². The van der Waals surface area contributed by atoms with E-state index < -0.39 is 0 Å². The van der Waals surface area contributed by atoms with Crippen LogP contribution in [0.3, 0.4) is 0 Å². The van der Waals surface area contributed by atoms with Gasteiger partial charge in [-0.2, -0.15) is 0 Å². The van der Waals surface area contributed by atoms with Gasteiger partial charge >= 0.3 is 0 Å². The topological polar surface area (TPSA) is 53.3 Å². The predicted octanol–water partition coefficient (Wildman–Crippen LogP) is 2.48. The molecule has 2 unspecified atom stereocenters. The third-order valence-electron chi connectivity index (χ3n) is 4.79. The predicted molar refractivity (Wildman–Crippen MR) is 98.8 cm³/mol. The summed E-state index contributed by atoms with van der Waals surface area (Å²) >= 11 is 5.54. The Kier molecular flexibility index (Phi) is 4.87. The highest BCUT2D eigenvalue weighted by Crippen LogP contribution is 2.40. The summed E-state index contributed by atoms with van der Waals surface area (Å²) in [6.45, 7) is 7.96. The Morgan fingerprint density at radius 1 is 1.33 bits per heavy atom. The quantitative estimate of drug-likeness (QED) is 0.816. The summed E-state index contributed by atoms with van der Waals surface area (Å²) in [5.41, 5.74) is 4.69. The molecule has 2 aromatic heterocycles. The highest BCUT2D eigenvalue weighted by atomic mass is 32.1. The van der Waals surface area contributed by atoms with Crippen LogP contribution in [-0.2, 0) is 6.54 Å². The van der Waals surface area contributed by atoms with Crippen LogP contribution in [-0.4, -0.2) is 37.8 Å². The molecule has 5 nitrogen and oxygen atoms in total. The van der Waals surface area contributed by atoms with Gasteiger partial charge in [-0.1, -0.05) is 6.07 Å². The first-order chi connectivity index (χ1) is 11.6. The zero-order chi connectivity index (χ0) is 17.3. The van der Waals surface area contributed by atoms with Gasteiger partial charge < -0.3 is 19.9 Å². The fourth-order valence-electron chi connectivity index (χ4n) is 3.71. The van der Waals surface area contributed by atoms with Crippen molar-refractivity contribution in [2.24, 2.45) is 0 Å². The molecule has 2 atom stereocenters. The Morgan fingerprint density at radius 2 is 2.12 bits per heavy atom. The lowest BCUT2D eigenvalue weighted by Gasteiger charge is -2.27. The minimum absolute atomic E-state index is 0.0175. The van der Waals surface area contributed by atoms with E-state index >= 15 is 0 Å². The van der Waals surface area contributed by atoms with E-state index in [0.717, 1.165) is 12.2 Å². The zero-order valence-electron chi connectivity index (χ0n) is 14.4. The van der Waals surface area contributed by atoms with Crippen LogP contribution in [0.25, 0.3) is 0 Å². The molecule has 1 fully saturated rings. The summed E-state index contributed by atoms with van der Waals surface area (Å²) < 4.78 is 2.31. The normalized spacial score (nSPS) is 20.5. The molecule has 24 heavy (non-hydrogen) atoms. The molecule has 0 radical (unpaired) electrons. The molecule has 2 aromatic rings. The number of aliphatic hydroxyl groups is 1. The van der Waals surface area contributed by atoms with Crippen LogP contribution < -0.4 is 5.32 Å². The van der Waals surface area contributed by atoms with Gasteiger partial charge in [0.15, 0.2) is 5.11 Å². The summed E-state index contributed by atoms with van der Waals surface area (Å²) in [5.74, 6) is 0. The average molecular weight is 344 g/mol. The number of nitrogens with one attached hydrogen (secondary N) is 1. The lowest BCUT2D eigenvalue weighted by Crippen LogP contribution is -2.32. The van der Waals surface area contributed by atoms with Crippen molar-refractivity contribution in [1.29, 1.82) is 0 Å². The standard InChI is InChI=1S/C18H24N4OS/c1-4-21-12(2)11-14(13(21)3)17-16(15-7-5-6-8-19-15)20-18(24)22(17)9-10-23/h5-8,11,16-17,23H,4,9-10H2,1-3H3,(H,20,24). The van der Waals surface area contributed by atoms with Gasteiger partial charge in [0.25, 0.3) is 0 Å². The minimum Gasteiger partial charge on any atom is -0.395 e. The van der Waals surface area contributed by atoms with Gasteiger partial charge in [0.05, 0.1) is 24.4 Å². The number of hydrogen-bond donors (Lipinski definition) is 2. The largest absolute Gasteiger partial charge is 0.395 e. The molecule has 0 aliphatic carbocycles. The molecule has 2 N–H and O–H groups in total. The fraction of sp³-hybridized carbons (Fsp3) is 0.444. The van der Waals surface area contributed by atoms with Gasteiger partial charge in [0, 0.05) is 30.7 Å². The third-order valence-corrected chi connectivity index (χ3v) is 5.14. The van der Waals surface area contributed by atoms with Gasteiger partial charge in [-0.15, -0.1) is 0 Å². The highest BCUT2D eigenvalue weighted by Gasteiger charge is 2.40. The molecule has 1 aliphatic heterocycles. The van der Waals surface area contributed by atoms with E-state index in [0.29, 0.717) is 11.7 Å². The number of aliphatic hydroxyl groups excluding tert-OH is 1. The first-order valence-corrected chi connectivity index (χ1v) is 8.74. The number of aromatic nitrogens is 2. The van der Waals surface area contributed by atoms with E-state index in [-0.39, 0.29) is 18.7 Å². The van der Waals surface area contributed by atoms with E-state index in [1.807, 2.05) is 18.2 Å². The summed E-state index contributed by atoms with van der Waals surface area (Å²) in [4.78, 5) is 6.61. The van der Waals surface area contributed by atoms with E-state index in [1.54, 1.807) is 6.20 Å². The van der Waals surface area contributed by atoms with Gasteiger partial charge in [-0.25, -0.2) is 0 Å². The Morgan fingerprint density at radius 3 is 2.71 bits per heavy atom. The Bertz CT molecular complexity index is 728. The number of β-amino-alcohol motifs (C(OH)–C–C–N with tert-alkyl or cyclic N) is 1. The van der Waals surface area contributed by atoms with Gasteiger partial charge in [-0.05, 0) is 56.8 Å². The van der Waals surface area contributed by atoms with Crippen molar-refractivity contribution in [3.8, 4) is 0 Å². The van der Waals surface area contributed by atoms with Crippen molar-refractivity contribution in [2.45, 2.75) is 39.4 Å². The first-order valence-electron chi connectivity index (χ1n) is 8.34. The number of thiocarbonyl (C=S) groups is 1. The smallest absolute Gasteiger partial charge is 0.170 e. The zero-order valence-corrected chi connectivity index (χ0v) is 15.2. The molecular weight excluding hydrogens is 320 g/mol. The summed E-state index contributed by atoms with van der Waals surface area (Å²) in [6.07, 6.45) is 1.81. The van der Waals surface area contributed by atoms with Crippen molar-refractivity contribution in [3.63, 3.8) is 0 Å². The second-order valence-corrected chi connectivity index (χ2v) is 6.50. The number of hydrogen-bond acceptors (Lipinski definition) is 3. The van der Waals surface area contributed by atoms with Crippen LogP contribution in [0.2, 0.25) is 0 Å². The second kappa shape index (κ2) is 6.91. The summed E-state index contributed by atoms with van der Waals surface area (Å²) in [5, 5.41) is 13.6. The molecule has 0 saturated carbocycles. The lowest BCUT2D eigenvalue weighted by atomic mass is 9.97. The van der Waals surface area contributed by atoms with Crippen LogP contribution in [0.15, 0.2) is 30.5 Å². The average Bonchev–Trinajstić information content (AvgIpc) is 3.05. The lowest BCUT2D eigenvalue weighted by molar-refractivity contribution is 0.222. The second-order valence-electron chi connectivity index (χ2n) is 6.11. The molecule has 6 heteroatoms. The summed E-state index contributed by atoms with van der Waals surface area (Å²) in [7, 11) is 0. The van der Waals surface area contributed by atoms with Crippen LogP contribution in [0.5, 0.6) is 0 Å². The number of rotatable bonds is 5. The molecule has 0 amide bonds. The van der Waals surface area contributed by atoms with Crippen LogP contribution in [0, 0.1) is 13.8 Å². The minimum atomic E-state index is -0.0175. The number of pyridine rings is 1. The van der Waals surface area contributed by atoms with E-state index in [1.165, 1.54) is 17.0 Å². The highest BCUT2D eigenvalue weighted by molar-refractivity contribution is 7.80. The van der Waals surface area contributed by atoms with Gasteiger partial charge in [-0.3, -0.25) is 4.98 Å². The van der Waals surface area contributed by atoms with Gasteiger partial charge in [0.1, 0.15) is 0 Å².